The van der Waals surface area contributed by atoms with E-state index in [4.69, 9.17) is 11.6 Å². The molecule has 4 aromatic rings. The Morgan fingerprint density at radius 1 is 0.750 bits per heavy atom. The molecule has 0 heterocycles. The van der Waals surface area contributed by atoms with E-state index >= 15 is 4.39 Å². The Hall–Kier alpha value is -2.64. The summed E-state index contributed by atoms with van der Waals surface area (Å²) in [5, 5.41) is 2.36. The van der Waals surface area contributed by atoms with Crippen molar-refractivity contribution < 1.29 is 4.39 Å². The number of fused-ring (bicyclic) bond motifs is 1. The summed E-state index contributed by atoms with van der Waals surface area (Å²) >= 11 is 5.96. The van der Waals surface area contributed by atoms with Crippen molar-refractivity contribution in [1.29, 1.82) is 0 Å². The van der Waals surface area contributed by atoms with Gasteiger partial charge in [0.15, 0.2) is 0 Å². The van der Waals surface area contributed by atoms with E-state index in [0.29, 0.717) is 10.9 Å². The molecule has 2 heteroatoms. The van der Waals surface area contributed by atoms with Crippen LogP contribution in [-0.4, -0.2) is 0 Å². The summed E-state index contributed by atoms with van der Waals surface area (Å²) in [6.45, 7) is 2.19. The van der Waals surface area contributed by atoms with E-state index in [2.05, 4.69) is 19.1 Å². The first-order valence-corrected chi connectivity index (χ1v) is 10.1. The fraction of sp³-hybridized carbons (Fsp3) is 0.154. The summed E-state index contributed by atoms with van der Waals surface area (Å²) in [4.78, 5) is 0. The summed E-state index contributed by atoms with van der Waals surface area (Å²) in [5.41, 5.74) is 4.97. The van der Waals surface area contributed by atoms with Gasteiger partial charge in [-0.1, -0.05) is 91.7 Å². The van der Waals surface area contributed by atoms with Gasteiger partial charge in [0, 0.05) is 16.0 Å². The van der Waals surface area contributed by atoms with Crippen LogP contribution < -0.4 is 0 Å². The van der Waals surface area contributed by atoms with E-state index in [9.17, 15) is 0 Å². The van der Waals surface area contributed by atoms with Crippen LogP contribution in [0.2, 0.25) is 5.02 Å². The first-order valence-electron chi connectivity index (χ1n) is 9.73. The normalized spacial score (nSPS) is 11.1. The second kappa shape index (κ2) is 8.16. The molecule has 0 N–H and O–H groups in total. The number of benzene rings is 4. The fourth-order valence-corrected chi connectivity index (χ4v) is 3.71. The molecule has 0 fully saturated rings. The smallest absolute Gasteiger partial charge is 0.138 e. The van der Waals surface area contributed by atoms with Crippen LogP contribution in [0.4, 0.5) is 4.39 Å². The van der Waals surface area contributed by atoms with E-state index in [-0.39, 0.29) is 5.82 Å². The Kier molecular flexibility index (Phi) is 5.45. The monoisotopic (exact) mass is 388 g/mol. The van der Waals surface area contributed by atoms with Crippen LogP contribution in [0.15, 0.2) is 78.9 Å². The van der Waals surface area contributed by atoms with Crippen molar-refractivity contribution in [3.05, 3.63) is 95.3 Å². The van der Waals surface area contributed by atoms with Crippen molar-refractivity contribution in [3.8, 4) is 22.3 Å². The van der Waals surface area contributed by atoms with Gasteiger partial charge in [-0.15, -0.1) is 0 Å². The molecule has 0 atom stereocenters. The highest BCUT2D eigenvalue weighted by Gasteiger charge is 2.10. The lowest BCUT2D eigenvalue weighted by Crippen LogP contribution is -1.90. The van der Waals surface area contributed by atoms with Crippen LogP contribution in [0.5, 0.6) is 0 Å². The van der Waals surface area contributed by atoms with Crippen LogP contribution in [0.1, 0.15) is 25.3 Å². The molecule has 0 aromatic heterocycles. The molecule has 4 aromatic carbocycles. The zero-order valence-corrected chi connectivity index (χ0v) is 16.6. The van der Waals surface area contributed by atoms with E-state index in [0.717, 1.165) is 46.4 Å². The van der Waals surface area contributed by atoms with Gasteiger partial charge in [-0.05, 0) is 52.6 Å². The summed E-state index contributed by atoms with van der Waals surface area (Å²) < 4.78 is 15.2. The fourth-order valence-electron chi connectivity index (χ4n) is 3.59. The van der Waals surface area contributed by atoms with Gasteiger partial charge in [0.1, 0.15) is 5.82 Å². The number of unbranched alkanes of at least 4 members (excludes halogenated alkanes) is 1. The molecule has 0 unspecified atom stereocenters. The predicted molar refractivity (Wildman–Crippen MR) is 118 cm³/mol. The minimum atomic E-state index is -0.154. The number of rotatable bonds is 5. The molecule has 28 heavy (non-hydrogen) atoms. The van der Waals surface area contributed by atoms with Crippen molar-refractivity contribution in [3.63, 3.8) is 0 Å². The third-order valence-electron chi connectivity index (χ3n) is 5.21. The quantitative estimate of drug-likeness (QED) is 0.322. The molecule has 140 valence electrons. The molecule has 0 aliphatic rings. The molecule has 0 radical (unpaired) electrons. The van der Waals surface area contributed by atoms with Gasteiger partial charge in [-0.25, -0.2) is 4.39 Å². The lowest BCUT2D eigenvalue weighted by atomic mass is 9.96. The molecule has 0 saturated heterocycles. The topological polar surface area (TPSA) is 0 Å². The van der Waals surface area contributed by atoms with Gasteiger partial charge in [-0.2, -0.15) is 0 Å². The van der Waals surface area contributed by atoms with Gasteiger partial charge in [0.05, 0.1) is 0 Å². The molecule has 0 spiro atoms. The van der Waals surface area contributed by atoms with E-state index < -0.39 is 0 Å². The third-order valence-corrected chi connectivity index (χ3v) is 5.46. The highest BCUT2D eigenvalue weighted by atomic mass is 35.5. The first-order chi connectivity index (χ1) is 13.7. The summed E-state index contributed by atoms with van der Waals surface area (Å²) in [6.07, 6.45) is 3.37. The minimum Gasteiger partial charge on any atom is -0.206 e. The maximum absolute atomic E-state index is 15.2. The lowest BCUT2D eigenvalue weighted by Gasteiger charge is -2.10. The Balaban J connectivity index is 1.66. The van der Waals surface area contributed by atoms with Crippen LogP contribution in [0.25, 0.3) is 33.0 Å². The first kappa shape index (κ1) is 18.7. The zero-order valence-electron chi connectivity index (χ0n) is 15.9. The molecule has 0 amide bonds. The largest absolute Gasteiger partial charge is 0.206 e. The standard InChI is InChI=1S/C26H22ClF/c1-2-3-4-18-5-15-25-22(17-18)12-16-24(26(25)28)21-8-6-19(7-9-21)20-10-13-23(27)14-11-20/h5-17H,2-4H2,1H3. The predicted octanol–water partition coefficient (Wildman–Crippen LogP) is 8.31. The molecule has 0 aliphatic carbocycles. The molecule has 4 rings (SSSR count). The van der Waals surface area contributed by atoms with E-state index in [1.165, 1.54) is 5.56 Å². The van der Waals surface area contributed by atoms with Crippen LogP contribution in [0, 0.1) is 5.82 Å². The number of halogens is 2. The Morgan fingerprint density at radius 3 is 2.07 bits per heavy atom. The highest BCUT2D eigenvalue weighted by Crippen LogP contribution is 2.31. The molecule has 0 aliphatic heterocycles. The molecular weight excluding hydrogens is 367 g/mol. The number of hydrogen-bond acceptors (Lipinski definition) is 0. The van der Waals surface area contributed by atoms with E-state index in [1.54, 1.807) is 0 Å². The third kappa shape index (κ3) is 3.81. The van der Waals surface area contributed by atoms with Gasteiger partial charge in [0.25, 0.3) is 0 Å². The second-order valence-corrected chi connectivity index (χ2v) is 7.61. The SMILES string of the molecule is CCCCc1ccc2c(F)c(-c3ccc(-c4ccc(Cl)cc4)cc3)ccc2c1. The average molecular weight is 389 g/mol. The van der Waals surface area contributed by atoms with Crippen molar-refractivity contribution >= 4 is 22.4 Å². The molecular formula is C26H22ClF. The summed E-state index contributed by atoms with van der Waals surface area (Å²) in [5.74, 6) is -0.154. The maximum Gasteiger partial charge on any atom is 0.138 e. The van der Waals surface area contributed by atoms with Crippen molar-refractivity contribution in [2.45, 2.75) is 26.2 Å². The minimum absolute atomic E-state index is 0.154. The Morgan fingerprint density at radius 2 is 1.39 bits per heavy atom. The lowest BCUT2D eigenvalue weighted by molar-refractivity contribution is 0.643. The van der Waals surface area contributed by atoms with Gasteiger partial charge in [0.2, 0.25) is 0 Å². The maximum atomic E-state index is 15.2. The van der Waals surface area contributed by atoms with Gasteiger partial charge in [-0.3, -0.25) is 0 Å². The average Bonchev–Trinajstić information content (AvgIpc) is 2.73. The van der Waals surface area contributed by atoms with Gasteiger partial charge < -0.3 is 0 Å². The van der Waals surface area contributed by atoms with Crippen LogP contribution in [-0.2, 0) is 6.42 Å². The van der Waals surface area contributed by atoms with Crippen molar-refractivity contribution in [2.24, 2.45) is 0 Å². The molecule has 0 nitrogen and oxygen atoms in total. The van der Waals surface area contributed by atoms with Crippen LogP contribution in [0.3, 0.4) is 0 Å². The Bertz CT molecular complexity index is 1100. The van der Waals surface area contributed by atoms with Crippen molar-refractivity contribution in [1.82, 2.24) is 0 Å². The van der Waals surface area contributed by atoms with E-state index in [1.807, 2.05) is 66.7 Å². The van der Waals surface area contributed by atoms with Crippen molar-refractivity contribution in [2.75, 3.05) is 0 Å². The summed E-state index contributed by atoms with van der Waals surface area (Å²) in [6, 6.07) is 25.7. The Labute approximate surface area is 170 Å². The second-order valence-electron chi connectivity index (χ2n) is 7.17. The number of aryl methyl sites for hydroxylation is 1. The molecule has 0 bridgehead atoms. The van der Waals surface area contributed by atoms with Gasteiger partial charge >= 0.3 is 0 Å². The zero-order chi connectivity index (χ0) is 19.5. The highest BCUT2D eigenvalue weighted by molar-refractivity contribution is 6.30. The summed E-state index contributed by atoms with van der Waals surface area (Å²) in [7, 11) is 0. The number of hydrogen-bond donors (Lipinski definition) is 0. The van der Waals surface area contributed by atoms with Crippen LogP contribution >= 0.6 is 11.6 Å². The molecule has 0 saturated carbocycles.